The van der Waals surface area contributed by atoms with Crippen molar-refractivity contribution in [3.63, 3.8) is 0 Å². The zero-order valence-corrected chi connectivity index (χ0v) is 16.9. The Morgan fingerprint density at radius 1 is 1.00 bits per heavy atom. The minimum atomic E-state index is -0.293. The molecule has 2 aromatic rings. The van der Waals surface area contributed by atoms with Gasteiger partial charge in [-0.15, -0.1) is 0 Å². The molecule has 1 aromatic carbocycles. The summed E-state index contributed by atoms with van der Waals surface area (Å²) in [5.41, 5.74) is 3.75. The number of rotatable bonds is 6. The fourth-order valence-electron chi connectivity index (χ4n) is 4.57. The molecule has 2 atom stereocenters. The van der Waals surface area contributed by atoms with Crippen molar-refractivity contribution in [2.24, 2.45) is 11.8 Å². The number of allylic oxidation sites excluding steroid dienone is 2. The van der Waals surface area contributed by atoms with Crippen LogP contribution in [0.1, 0.15) is 40.2 Å². The van der Waals surface area contributed by atoms with Gasteiger partial charge in [0.05, 0.1) is 18.4 Å². The Bertz CT molecular complexity index is 961. The molecule has 1 fully saturated rings. The van der Waals surface area contributed by atoms with Gasteiger partial charge in [0, 0.05) is 23.5 Å². The SMILES string of the molecule is Cc1cc(C(=O)CN2C(=O)[C@@H]3CC=CC[C@H]3C2=O)c(C)n1CCc1ccccc1. The van der Waals surface area contributed by atoms with Gasteiger partial charge in [-0.1, -0.05) is 42.5 Å². The highest BCUT2D eigenvalue weighted by molar-refractivity contribution is 6.10. The monoisotopic (exact) mass is 390 g/mol. The van der Waals surface area contributed by atoms with Crippen molar-refractivity contribution in [2.45, 2.75) is 39.7 Å². The predicted octanol–water partition coefficient (Wildman–Crippen LogP) is 3.48. The minimum absolute atomic E-state index is 0.159. The summed E-state index contributed by atoms with van der Waals surface area (Å²) >= 11 is 0. The molecule has 2 amide bonds. The maximum atomic E-state index is 13.0. The molecule has 5 heteroatoms. The summed E-state index contributed by atoms with van der Waals surface area (Å²) in [6.45, 7) is 4.55. The molecule has 0 radical (unpaired) electrons. The lowest BCUT2D eigenvalue weighted by Gasteiger charge is -2.14. The van der Waals surface area contributed by atoms with Gasteiger partial charge in [-0.25, -0.2) is 0 Å². The highest BCUT2D eigenvalue weighted by Crippen LogP contribution is 2.35. The Morgan fingerprint density at radius 3 is 2.24 bits per heavy atom. The second-order valence-corrected chi connectivity index (χ2v) is 8.01. The lowest BCUT2D eigenvalue weighted by atomic mass is 9.85. The van der Waals surface area contributed by atoms with Gasteiger partial charge in [0.25, 0.3) is 0 Å². The van der Waals surface area contributed by atoms with E-state index in [0.717, 1.165) is 24.4 Å². The lowest BCUT2D eigenvalue weighted by molar-refractivity contribution is -0.139. The average molecular weight is 390 g/mol. The molecule has 0 N–H and O–H groups in total. The molecule has 0 unspecified atom stereocenters. The number of Topliss-reactive ketones (excluding diaryl/α,β-unsaturated/α-hetero) is 1. The Labute approximate surface area is 171 Å². The second kappa shape index (κ2) is 7.82. The number of likely N-dealkylation sites (tertiary alicyclic amines) is 1. The van der Waals surface area contributed by atoms with E-state index < -0.39 is 0 Å². The summed E-state index contributed by atoms with van der Waals surface area (Å²) in [4.78, 5) is 39.5. The summed E-state index contributed by atoms with van der Waals surface area (Å²) in [5, 5.41) is 0. The van der Waals surface area contributed by atoms with E-state index in [4.69, 9.17) is 0 Å². The lowest BCUT2D eigenvalue weighted by Crippen LogP contribution is -2.36. The van der Waals surface area contributed by atoms with Gasteiger partial charge in [0.1, 0.15) is 0 Å². The third-order valence-corrected chi connectivity index (χ3v) is 6.24. The van der Waals surface area contributed by atoms with Gasteiger partial charge in [0.2, 0.25) is 11.8 Å². The first-order valence-electron chi connectivity index (χ1n) is 10.2. The molecule has 0 saturated carbocycles. The van der Waals surface area contributed by atoms with Crippen molar-refractivity contribution in [1.82, 2.24) is 9.47 Å². The molecule has 1 saturated heterocycles. The smallest absolute Gasteiger partial charge is 0.233 e. The Balaban J connectivity index is 1.48. The van der Waals surface area contributed by atoms with Crippen LogP contribution in [0.3, 0.4) is 0 Å². The van der Waals surface area contributed by atoms with E-state index in [1.165, 1.54) is 10.5 Å². The first-order valence-corrected chi connectivity index (χ1v) is 10.2. The van der Waals surface area contributed by atoms with Gasteiger partial charge >= 0.3 is 0 Å². The van der Waals surface area contributed by atoms with Crippen LogP contribution in [0.25, 0.3) is 0 Å². The van der Waals surface area contributed by atoms with Crippen molar-refractivity contribution < 1.29 is 14.4 Å². The highest BCUT2D eigenvalue weighted by atomic mass is 16.2. The Kier molecular flexibility index (Phi) is 5.22. The molecule has 2 aliphatic rings. The summed E-state index contributed by atoms with van der Waals surface area (Å²) < 4.78 is 2.14. The number of fused-ring (bicyclic) bond motifs is 1. The van der Waals surface area contributed by atoms with Crippen LogP contribution >= 0.6 is 0 Å². The predicted molar refractivity (Wildman–Crippen MR) is 110 cm³/mol. The maximum absolute atomic E-state index is 13.0. The molecule has 150 valence electrons. The van der Waals surface area contributed by atoms with Gasteiger partial charge in [0.15, 0.2) is 5.78 Å². The number of imide groups is 1. The van der Waals surface area contributed by atoms with Crippen molar-refractivity contribution in [3.8, 4) is 0 Å². The number of hydrogen-bond donors (Lipinski definition) is 0. The van der Waals surface area contributed by atoms with E-state index in [1.807, 2.05) is 50.3 Å². The number of carbonyl (C=O) groups is 3. The zero-order chi connectivity index (χ0) is 20.5. The molecule has 0 spiro atoms. The summed E-state index contributed by atoms with van der Waals surface area (Å²) in [6, 6.07) is 12.1. The largest absolute Gasteiger partial charge is 0.348 e. The number of nitrogens with zero attached hydrogens (tertiary/aromatic N) is 2. The molecule has 1 aliphatic carbocycles. The molecule has 1 aromatic heterocycles. The number of aromatic nitrogens is 1. The van der Waals surface area contributed by atoms with E-state index in [9.17, 15) is 14.4 Å². The summed E-state index contributed by atoms with van der Waals surface area (Å²) in [5.74, 6) is -1.15. The third kappa shape index (κ3) is 3.57. The number of benzene rings is 1. The van der Waals surface area contributed by atoms with Crippen LogP contribution in [0.15, 0.2) is 48.6 Å². The summed E-state index contributed by atoms with van der Waals surface area (Å²) in [7, 11) is 0. The fraction of sp³-hybridized carbons (Fsp3) is 0.375. The number of ketones is 1. The zero-order valence-electron chi connectivity index (χ0n) is 16.9. The molecule has 2 heterocycles. The van der Waals surface area contributed by atoms with Crippen LogP contribution in [0.5, 0.6) is 0 Å². The van der Waals surface area contributed by atoms with Crippen molar-refractivity contribution in [2.75, 3.05) is 6.54 Å². The van der Waals surface area contributed by atoms with E-state index in [1.54, 1.807) is 0 Å². The molecule has 4 rings (SSSR count). The number of hydrogen-bond acceptors (Lipinski definition) is 3. The van der Waals surface area contributed by atoms with E-state index in [2.05, 4.69) is 16.7 Å². The third-order valence-electron chi connectivity index (χ3n) is 6.24. The fourth-order valence-corrected chi connectivity index (χ4v) is 4.57. The Morgan fingerprint density at radius 2 is 1.62 bits per heavy atom. The number of aryl methyl sites for hydroxylation is 2. The minimum Gasteiger partial charge on any atom is -0.348 e. The first kappa shape index (κ1) is 19.4. The Hall–Kier alpha value is -2.95. The van der Waals surface area contributed by atoms with Crippen LogP contribution in [0, 0.1) is 25.7 Å². The van der Waals surface area contributed by atoms with Gasteiger partial charge in [-0.2, -0.15) is 0 Å². The van der Waals surface area contributed by atoms with E-state index >= 15 is 0 Å². The molecule has 29 heavy (non-hydrogen) atoms. The van der Waals surface area contributed by atoms with E-state index in [0.29, 0.717) is 18.4 Å². The maximum Gasteiger partial charge on any atom is 0.233 e. The number of carbonyl (C=O) groups excluding carboxylic acids is 3. The van der Waals surface area contributed by atoms with Crippen LogP contribution < -0.4 is 0 Å². The van der Waals surface area contributed by atoms with Crippen LogP contribution in [-0.4, -0.2) is 33.6 Å². The van der Waals surface area contributed by atoms with Crippen LogP contribution in [0.4, 0.5) is 0 Å². The van der Waals surface area contributed by atoms with Crippen LogP contribution in [0.2, 0.25) is 0 Å². The first-order chi connectivity index (χ1) is 14.0. The van der Waals surface area contributed by atoms with Crippen molar-refractivity contribution >= 4 is 17.6 Å². The van der Waals surface area contributed by atoms with Crippen molar-refractivity contribution in [1.29, 1.82) is 0 Å². The van der Waals surface area contributed by atoms with E-state index in [-0.39, 0.29) is 36.0 Å². The topological polar surface area (TPSA) is 59.4 Å². The number of amides is 2. The van der Waals surface area contributed by atoms with Gasteiger partial charge in [-0.3, -0.25) is 19.3 Å². The standard InChI is InChI=1S/C24H26N2O3/c1-16-14-21(17(2)25(16)13-12-18-8-4-3-5-9-18)22(27)15-26-23(28)19-10-6-7-11-20(19)24(26)29/h3-9,14,19-20H,10-13,15H2,1-2H3/t19-,20-/m1/s1. The van der Waals surface area contributed by atoms with Gasteiger partial charge < -0.3 is 4.57 Å². The van der Waals surface area contributed by atoms with Crippen molar-refractivity contribution in [3.05, 3.63) is 71.1 Å². The molecular weight excluding hydrogens is 364 g/mol. The molecular formula is C24H26N2O3. The van der Waals surface area contributed by atoms with Gasteiger partial charge in [-0.05, 0) is 44.7 Å². The molecule has 1 aliphatic heterocycles. The average Bonchev–Trinajstić information content (AvgIpc) is 3.15. The normalized spacial score (nSPS) is 21.0. The quantitative estimate of drug-likeness (QED) is 0.431. The second-order valence-electron chi connectivity index (χ2n) is 8.01. The van der Waals surface area contributed by atoms with Crippen LogP contribution in [-0.2, 0) is 22.6 Å². The highest BCUT2D eigenvalue weighted by Gasteiger charge is 2.47. The molecule has 5 nitrogen and oxygen atoms in total. The molecule has 0 bridgehead atoms. The summed E-state index contributed by atoms with van der Waals surface area (Å²) in [6.07, 6.45) is 5.97.